The minimum absolute atomic E-state index is 0.0880. The van der Waals surface area contributed by atoms with Crippen LogP contribution >= 0.6 is 0 Å². The van der Waals surface area contributed by atoms with Gasteiger partial charge in [-0.25, -0.2) is 0 Å². The average Bonchev–Trinajstić information content (AvgIpc) is 2.46. The molecular weight excluding hydrogens is 126 g/mol. The maximum atomic E-state index is 8.69. The van der Waals surface area contributed by atoms with Crippen LogP contribution in [0.2, 0.25) is 0 Å². The quantitative estimate of drug-likeness (QED) is 0.466. The molecule has 4 atom stereocenters. The van der Waals surface area contributed by atoms with Gasteiger partial charge in [0.15, 0.2) is 0 Å². The predicted octanol–water partition coefficient (Wildman–Crippen LogP) is 1.10. The van der Waals surface area contributed by atoms with Crippen molar-refractivity contribution in [2.75, 3.05) is 0 Å². The van der Waals surface area contributed by atoms with Gasteiger partial charge in [-0.3, -0.25) is 0 Å². The van der Waals surface area contributed by atoms with E-state index in [4.69, 9.17) is 10.00 Å². The number of fused-ring (bicyclic) bond motifs is 2. The van der Waals surface area contributed by atoms with Gasteiger partial charge in [0.1, 0.15) is 0 Å². The Morgan fingerprint density at radius 1 is 1.40 bits per heavy atom. The Kier molecular flexibility index (Phi) is 1.09. The lowest BCUT2D eigenvalue weighted by Gasteiger charge is -2.12. The zero-order valence-electron chi connectivity index (χ0n) is 5.82. The summed E-state index contributed by atoms with van der Waals surface area (Å²) in [5.74, 6) is 0.481. The van der Waals surface area contributed by atoms with Crippen LogP contribution < -0.4 is 0 Å². The summed E-state index contributed by atoms with van der Waals surface area (Å²) in [4.78, 5) is 0. The summed E-state index contributed by atoms with van der Waals surface area (Å²) < 4.78 is 5.45. The molecule has 2 heterocycles. The molecule has 1 saturated heterocycles. The van der Waals surface area contributed by atoms with E-state index in [1.165, 1.54) is 0 Å². The topological polar surface area (TPSA) is 33.0 Å². The maximum absolute atomic E-state index is 8.69. The van der Waals surface area contributed by atoms with E-state index >= 15 is 0 Å². The lowest BCUT2D eigenvalue weighted by molar-refractivity contribution is 0.107. The van der Waals surface area contributed by atoms with E-state index in [0.29, 0.717) is 5.92 Å². The van der Waals surface area contributed by atoms with Gasteiger partial charge in [0, 0.05) is 5.92 Å². The molecule has 0 saturated carbocycles. The smallest absolute Gasteiger partial charge is 0.0926 e. The first-order chi connectivity index (χ1) is 4.83. The number of hydrogen-bond acceptors (Lipinski definition) is 2. The third kappa shape index (κ3) is 0.559. The van der Waals surface area contributed by atoms with E-state index in [2.05, 4.69) is 19.1 Å². The van der Waals surface area contributed by atoms with Gasteiger partial charge in [0.2, 0.25) is 0 Å². The first kappa shape index (κ1) is 5.94. The normalized spacial score (nSPS) is 49.6. The van der Waals surface area contributed by atoms with Crippen LogP contribution in [0.5, 0.6) is 0 Å². The van der Waals surface area contributed by atoms with Gasteiger partial charge in [-0.1, -0.05) is 19.1 Å². The van der Waals surface area contributed by atoms with Crippen molar-refractivity contribution in [1.82, 2.24) is 0 Å². The Bertz CT molecular complexity index is 216. The van der Waals surface area contributed by atoms with Crippen molar-refractivity contribution in [3.63, 3.8) is 0 Å². The van der Waals surface area contributed by atoms with Crippen LogP contribution in [-0.2, 0) is 4.74 Å². The number of rotatable bonds is 0. The van der Waals surface area contributed by atoms with Gasteiger partial charge < -0.3 is 4.74 Å². The summed E-state index contributed by atoms with van der Waals surface area (Å²) in [6, 6.07) is 2.27. The number of ether oxygens (including phenoxy) is 1. The molecule has 0 aromatic carbocycles. The van der Waals surface area contributed by atoms with Crippen molar-refractivity contribution in [2.24, 2.45) is 11.8 Å². The largest absolute Gasteiger partial charge is 0.365 e. The van der Waals surface area contributed by atoms with E-state index in [1.54, 1.807) is 0 Å². The monoisotopic (exact) mass is 135 g/mol. The minimum Gasteiger partial charge on any atom is -0.365 e. The lowest BCUT2D eigenvalue weighted by atomic mass is 9.86. The standard InChI is InChI=1S/C8H9NO/c1-5-6(4-9)8-3-2-7(5)10-8/h2-3,5-8H,1H3/t5?,6?,7-,8+/m1/s1. The molecule has 2 unspecified atom stereocenters. The van der Waals surface area contributed by atoms with Crippen molar-refractivity contribution in [2.45, 2.75) is 19.1 Å². The molecule has 1 fully saturated rings. The fourth-order valence-electron chi connectivity index (χ4n) is 1.69. The van der Waals surface area contributed by atoms with E-state index in [-0.39, 0.29) is 18.1 Å². The molecule has 10 heavy (non-hydrogen) atoms. The molecule has 2 heteroatoms. The summed E-state index contributed by atoms with van der Waals surface area (Å²) in [7, 11) is 0. The molecule has 2 aliphatic rings. The third-order valence-electron chi connectivity index (χ3n) is 2.39. The summed E-state index contributed by atoms with van der Waals surface area (Å²) in [6.07, 6.45) is 4.36. The Morgan fingerprint density at radius 3 is 2.50 bits per heavy atom. The van der Waals surface area contributed by atoms with Crippen LogP contribution in [0.15, 0.2) is 12.2 Å². The molecule has 0 aromatic rings. The highest BCUT2D eigenvalue weighted by atomic mass is 16.5. The SMILES string of the molecule is CC1C(C#N)[C@@H]2C=C[C@H]1O2. The Hall–Kier alpha value is -0.810. The fraction of sp³-hybridized carbons (Fsp3) is 0.625. The first-order valence-electron chi connectivity index (χ1n) is 3.56. The first-order valence-corrected chi connectivity index (χ1v) is 3.56. The van der Waals surface area contributed by atoms with Crippen LogP contribution in [0.25, 0.3) is 0 Å². The van der Waals surface area contributed by atoms with Gasteiger partial charge in [0.25, 0.3) is 0 Å². The number of nitriles is 1. The van der Waals surface area contributed by atoms with Crippen LogP contribution in [0.4, 0.5) is 0 Å². The van der Waals surface area contributed by atoms with Gasteiger partial charge in [-0.05, 0) is 0 Å². The summed E-state index contributed by atoms with van der Waals surface area (Å²) in [5.41, 5.74) is 0. The van der Waals surface area contributed by atoms with E-state index in [9.17, 15) is 0 Å². The molecule has 52 valence electrons. The van der Waals surface area contributed by atoms with E-state index in [1.807, 2.05) is 6.08 Å². The number of nitrogens with zero attached hydrogens (tertiary/aromatic N) is 1. The highest BCUT2D eigenvalue weighted by Gasteiger charge is 2.43. The molecular formula is C8H9NO. The zero-order chi connectivity index (χ0) is 7.14. The van der Waals surface area contributed by atoms with Crippen LogP contribution in [0, 0.1) is 23.2 Å². The summed E-state index contributed by atoms with van der Waals surface area (Å²) in [5, 5.41) is 8.69. The van der Waals surface area contributed by atoms with Crippen molar-refractivity contribution in [3.05, 3.63) is 12.2 Å². The second-order valence-electron chi connectivity index (χ2n) is 2.96. The number of hydrogen-bond donors (Lipinski definition) is 0. The molecule has 0 spiro atoms. The molecule has 0 aromatic heterocycles. The van der Waals surface area contributed by atoms with Crippen LogP contribution in [0.1, 0.15) is 6.92 Å². The fourth-order valence-corrected chi connectivity index (χ4v) is 1.69. The Morgan fingerprint density at radius 2 is 2.10 bits per heavy atom. The van der Waals surface area contributed by atoms with Crippen molar-refractivity contribution >= 4 is 0 Å². The summed E-state index contributed by atoms with van der Waals surface area (Å²) >= 11 is 0. The minimum atomic E-state index is 0.0880. The van der Waals surface area contributed by atoms with E-state index in [0.717, 1.165) is 0 Å². The molecule has 0 amide bonds. The molecule has 0 radical (unpaired) electrons. The maximum Gasteiger partial charge on any atom is 0.0926 e. The van der Waals surface area contributed by atoms with Gasteiger partial charge in [-0.15, -0.1) is 0 Å². The van der Waals surface area contributed by atoms with Crippen molar-refractivity contribution in [1.29, 1.82) is 5.26 Å². The summed E-state index contributed by atoms with van der Waals surface area (Å²) in [6.45, 7) is 2.07. The molecule has 2 rings (SSSR count). The highest BCUT2D eigenvalue weighted by Crippen LogP contribution is 2.37. The van der Waals surface area contributed by atoms with Crippen molar-refractivity contribution in [3.8, 4) is 6.07 Å². The predicted molar refractivity (Wildman–Crippen MR) is 36.1 cm³/mol. The second-order valence-corrected chi connectivity index (χ2v) is 2.96. The Balaban J connectivity index is 2.28. The molecule has 0 aliphatic carbocycles. The molecule has 2 bridgehead atoms. The highest BCUT2D eigenvalue weighted by molar-refractivity contribution is 5.18. The van der Waals surface area contributed by atoms with Crippen molar-refractivity contribution < 1.29 is 4.74 Å². The molecule has 2 nitrogen and oxygen atoms in total. The molecule has 0 N–H and O–H groups in total. The second kappa shape index (κ2) is 1.83. The molecule has 2 aliphatic heterocycles. The zero-order valence-corrected chi connectivity index (χ0v) is 5.82. The Labute approximate surface area is 60.1 Å². The van der Waals surface area contributed by atoms with Crippen LogP contribution in [-0.4, -0.2) is 12.2 Å². The van der Waals surface area contributed by atoms with Crippen LogP contribution in [0.3, 0.4) is 0 Å². The van der Waals surface area contributed by atoms with Gasteiger partial charge in [0.05, 0.1) is 24.2 Å². The third-order valence-corrected chi connectivity index (χ3v) is 2.39. The van der Waals surface area contributed by atoms with Gasteiger partial charge in [-0.2, -0.15) is 5.26 Å². The lowest BCUT2D eigenvalue weighted by Crippen LogP contribution is -2.19. The van der Waals surface area contributed by atoms with E-state index < -0.39 is 0 Å². The average molecular weight is 135 g/mol. The van der Waals surface area contributed by atoms with Gasteiger partial charge >= 0.3 is 0 Å².